The third-order valence-corrected chi connectivity index (χ3v) is 4.74. The Morgan fingerprint density at radius 2 is 1.44 bits per heavy atom. The predicted octanol–water partition coefficient (Wildman–Crippen LogP) is 5.05. The Morgan fingerprint density at radius 1 is 0.794 bits per heavy atom. The molecule has 3 rings (SSSR count). The first-order valence-corrected chi connectivity index (χ1v) is 10.9. The molecule has 8 nitrogen and oxygen atoms in total. The molecule has 34 heavy (non-hydrogen) atoms. The van der Waals surface area contributed by atoms with Crippen molar-refractivity contribution in [1.29, 1.82) is 0 Å². The van der Waals surface area contributed by atoms with E-state index in [1.54, 1.807) is 31.2 Å². The smallest absolute Gasteiger partial charge is 0.483 e. The molecular formula is C26H26N2O6. The van der Waals surface area contributed by atoms with Gasteiger partial charge in [0, 0.05) is 5.56 Å². The minimum absolute atomic E-state index is 0.165. The number of carbonyl (C=O) groups excluding carboxylic acids is 3. The first-order valence-electron chi connectivity index (χ1n) is 10.9. The number of aryl methyl sites for hydroxylation is 1. The van der Waals surface area contributed by atoms with Crippen LogP contribution in [0.25, 0.3) is 0 Å². The Hall–Kier alpha value is -4.33. The molecule has 0 aliphatic carbocycles. The number of benzene rings is 3. The Morgan fingerprint density at radius 3 is 2.12 bits per heavy atom. The van der Waals surface area contributed by atoms with E-state index in [9.17, 15) is 14.4 Å². The third kappa shape index (κ3) is 6.83. The monoisotopic (exact) mass is 462 g/mol. The third-order valence-electron chi connectivity index (χ3n) is 4.74. The van der Waals surface area contributed by atoms with Crippen LogP contribution < -0.4 is 20.1 Å². The minimum atomic E-state index is -0.813. The first-order chi connectivity index (χ1) is 16.5. The van der Waals surface area contributed by atoms with E-state index < -0.39 is 12.1 Å². The zero-order chi connectivity index (χ0) is 24.3. The molecule has 0 saturated carbocycles. The number of carbonyl (C=O) groups is 3. The van der Waals surface area contributed by atoms with Gasteiger partial charge in [-0.15, -0.1) is 0 Å². The van der Waals surface area contributed by atoms with E-state index in [4.69, 9.17) is 14.2 Å². The molecule has 0 aromatic heterocycles. The van der Waals surface area contributed by atoms with Gasteiger partial charge >= 0.3 is 6.16 Å². The second-order valence-corrected chi connectivity index (χ2v) is 7.11. The zero-order valence-corrected chi connectivity index (χ0v) is 19.0. The molecule has 8 heteroatoms. The highest BCUT2D eigenvalue weighted by molar-refractivity contribution is 6.07. The average Bonchev–Trinajstić information content (AvgIpc) is 2.84. The predicted molar refractivity (Wildman–Crippen MR) is 128 cm³/mol. The number of nitrogens with one attached hydrogen (secondary N) is 2. The van der Waals surface area contributed by atoms with Crippen LogP contribution in [0.15, 0.2) is 72.8 Å². The van der Waals surface area contributed by atoms with Crippen LogP contribution in [0.1, 0.15) is 29.8 Å². The fourth-order valence-corrected chi connectivity index (χ4v) is 3.08. The topological polar surface area (TPSA) is 103 Å². The highest BCUT2D eigenvalue weighted by atomic mass is 16.7. The van der Waals surface area contributed by atoms with E-state index in [0.717, 1.165) is 12.0 Å². The van der Waals surface area contributed by atoms with Crippen molar-refractivity contribution >= 4 is 29.3 Å². The molecule has 0 aliphatic heterocycles. The fourth-order valence-electron chi connectivity index (χ4n) is 3.08. The number of rotatable bonds is 9. The number of hydrogen-bond acceptors (Lipinski definition) is 6. The van der Waals surface area contributed by atoms with Gasteiger partial charge in [0.1, 0.15) is 11.5 Å². The molecule has 3 aromatic carbocycles. The summed E-state index contributed by atoms with van der Waals surface area (Å²) in [5, 5.41) is 5.55. The number of para-hydroxylation sites is 3. The lowest BCUT2D eigenvalue weighted by atomic mass is 10.1. The molecule has 0 heterocycles. The highest BCUT2D eigenvalue weighted by Crippen LogP contribution is 2.23. The zero-order valence-electron chi connectivity index (χ0n) is 19.0. The summed E-state index contributed by atoms with van der Waals surface area (Å²) in [6, 6.07) is 20.4. The van der Waals surface area contributed by atoms with Gasteiger partial charge in [-0.3, -0.25) is 9.59 Å². The van der Waals surface area contributed by atoms with Crippen molar-refractivity contribution in [3.63, 3.8) is 0 Å². The van der Waals surface area contributed by atoms with Gasteiger partial charge < -0.3 is 24.8 Å². The van der Waals surface area contributed by atoms with E-state index in [-0.39, 0.29) is 24.9 Å². The van der Waals surface area contributed by atoms with Gasteiger partial charge in [0.2, 0.25) is 0 Å². The largest absolute Gasteiger partial charge is 0.513 e. The second-order valence-electron chi connectivity index (χ2n) is 7.11. The van der Waals surface area contributed by atoms with Crippen molar-refractivity contribution in [1.82, 2.24) is 0 Å². The average molecular weight is 463 g/mol. The van der Waals surface area contributed by atoms with Gasteiger partial charge in [-0.1, -0.05) is 37.3 Å². The molecule has 0 saturated heterocycles. The van der Waals surface area contributed by atoms with E-state index >= 15 is 0 Å². The van der Waals surface area contributed by atoms with Gasteiger partial charge in [-0.2, -0.15) is 0 Å². The SMILES string of the molecule is CCOC(=O)Oc1ccc(C(=O)Nc2ccccc2NC(=O)COc2ccccc2CC)cc1. The number of anilines is 2. The van der Waals surface area contributed by atoms with Crippen LogP contribution in [0, 0.1) is 0 Å². The maximum Gasteiger partial charge on any atom is 0.513 e. The van der Waals surface area contributed by atoms with Crippen LogP contribution in [0.2, 0.25) is 0 Å². The Bertz CT molecular complexity index is 1140. The lowest BCUT2D eigenvalue weighted by Crippen LogP contribution is -2.22. The standard InChI is InChI=1S/C26H26N2O6/c1-3-18-9-5-8-12-23(18)33-17-24(29)27-21-10-6-7-11-22(21)28-25(30)19-13-15-20(16-14-19)34-26(31)32-4-2/h5-16H,3-4,17H2,1-2H3,(H,27,29)(H,28,30). The number of amides is 2. The minimum Gasteiger partial charge on any atom is -0.483 e. The van der Waals surface area contributed by atoms with Crippen LogP contribution in [-0.2, 0) is 16.0 Å². The maximum atomic E-state index is 12.7. The molecule has 176 valence electrons. The highest BCUT2D eigenvalue weighted by Gasteiger charge is 2.13. The molecule has 0 radical (unpaired) electrons. The van der Waals surface area contributed by atoms with Crippen LogP contribution in [0.5, 0.6) is 11.5 Å². The van der Waals surface area contributed by atoms with Crippen molar-refractivity contribution in [2.45, 2.75) is 20.3 Å². The molecule has 0 unspecified atom stereocenters. The van der Waals surface area contributed by atoms with Crippen molar-refractivity contribution in [2.75, 3.05) is 23.8 Å². The molecule has 0 spiro atoms. The van der Waals surface area contributed by atoms with E-state index in [1.807, 2.05) is 31.2 Å². The van der Waals surface area contributed by atoms with Crippen molar-refractivity contribution in [3.8, 4) is 11.5 Å². The van der Waals surface area contributed by atoms with Crippen LogP contribution in [0.3, 0.4) is 0 Å². The lowest BCUT2D eigenvalue weighted by Gasteiger charge is -2.14. The molecule has 0 aliphatic rings. The van der Waals surface area contributed by atoms with Crippen molar-refractivity contribution < 1.29 is 28.6 Å². The first kappa shape index (κ1) is 24.3. The van der Waals surface area contributed by atoms with Crippen LogP contribution in [0.4, 0.5) is 16.2 Å². The van der Waals surface area contributed by atoms with Crippen LogP contribution in [-0.4, -0.2) is 31.2 Å². The summed E-state index contributed by atoms with van der Waals surface area (Å²) >= 11 is 0. The quantitative estimate of drug-likeness (QED) is 0.341. The van der Waals surface area contributed by atoms with Gasteiger partial charge in [-0.25, -0.2) is 4.79 Å². The van der Waals surface area contributed by atoms with Gasteiger partial charge in [0.15, 0.2) is 6.61 Å². The molecule has 0 fully saturated rings. The summed E-state index contributed by atoms with van der Waals surface area (Å²) in [5.74, 6) is 0.176. The molecule has 0 atom stereocenters. The van der Waals surface area contributed by atoms with Crippen molar-refractivity contribution in [3.05, 3.63) is 83.9 Å². The van der Waals surface area contributed by atoms with Crippen LogP contribution >= 0.6 is 0 Å². The van der Waals surface area contributed by atoms with E-state index in [2.05, 4.69) is 10.6 Å². The number of hydrogen-bond donors (Lipinski definition) is 2. The van der Waals surface area contributed by atoms with Gasteiger partial charge in [0.05, 0.1) is 18.0 Å². The van der Waals surface area contributed by atoms with E-state index in [1.165, 1.54) is 24.3 Å². The Balaban J connectivity index is 1.60. The molecule has 2 N–H and O–H groups in total. The summed E-state index contributed by atoms with van der Waals surface area (Å²) < 4.78 is 15.4. The lowest BCUT2D eigenvalue weighted by molar-refractivity contribution is -0.118. The Labute approximate surface area is 197 Å². The molecule has 2 amide bonds. The summed E-state index contributed by atoms with van der Waals surface area (Å²) in [7, 11) is 0. The molecule has 3 aromatic rings. The normalized spacial score (nSPS) is 10.2. The summed E-state index contributed by atoms with van der Waals surface area (Å²) in [6.07, 6.45) is -0.0192. The fraction of sp³-hybridized carbons (Fsp3) is 0.192. The van der Waals surface area contributed by atoms with E-state index in [0.29, 0.717) is 22.7 Å². The maximum absolute atomic E-state index is 12.7. The Kier molecular flexibility index (Phi) is 8.62. The summed E-state index contributed by atoms with van der Waals surface area (Å²) in [4.78, 5) is 36.5. The van der Waals surface area contributed by atoms with Crippen molar-refractivity contribution in [2.24, 2.45) is 0 Å². The molecule has 0 bridgehead atoms. The number of ether oxygens (including phenoxy) is 3. The summed E-state index contributed by atoms with van der Waals surface area (Å²) in [5.41, 5.74) is 2.23. The summed E-state index contributed by atoms with van der Waals surface area (Å²) in [6.45, 7) is 3.73. The molecular weight excluding hydrogens is 436 g/mol. The second kappa shape index (κ2) is 12.1. The van der Waals surface area contributed by atoms with Gasteiger partial charge in [-0.05, 0) is 61.4 Å². The van der Waals surface area contributed by atoms with Gasteiger partial charge in [0.25, 0.3) is 11.8 Å².